The predicted molar refractivity (Wildman–Crippen MR) is 131 cm³/mol. The molecule has 1 aromatic carbocycles. The molecule has 4 rings (SSSR count). The maximum absolute atomic E-state index is 12.7. The summed E-state index contributed by atoms with van der Waals surface area (Å²) in [5.41, 5.74) is 0.496. The number of nitro groups is 1. The number of alkyl halides is 3. The average molecular weight is 508 g/mol. The Morgan fingerprint density at radius 1 is 1.08 bits per heavy atom. The first-order chi connectivity index (χ1) is 17.3. The standard InChI is InChI=1S/C25H32F3N5O3/c26-25(27,28)36-23-6-2-1-5-20(23)15-30-24-13-21(22(16-31-24)33(34)35)29-14-18-7-9-19(10-8-18)17-32-11-3-4-12-32/h1-2,5-6,13,16,18-19H,3-4,7-12,14-15,17H2,(H2,29,30,31). The van der Waals surface area contributed by atoms with Crippen molar-refractivity contribution in [3.8, 4) is 5.75 Å². The lowest BCUT2D eigenvalue weighted by molar-refractivity contribution is -0.384. The second-order valence-electron chi connectivity index (χ2n) is 9.63. The number of benzene rings is 1. The molecule has 1 aromatic heterocycles. The summed E-state index contributed by atoms with van der Waals surface area (Å²) in [7, 11) is 0. The molecule has 1 saturated heterocycles. The quantitative estimate of drug-likeness (QED) is 0.309. The van der Waals surface area contributed by atoms with E-state index < -0.39 is 11.3 Å². The van der Waals surface area contributed by atoms with Crippen LogP contribution < -0.4 is 15.4 Å². The summed E-state index contributed by atoms with van der Waals surface area (Å²) in [6.45, 7) is 4.25. The van der Waals surface area contributed by atoms with Gasteiger partial charge in [0, 0.05) is 31.3 Å². The van der Waals surface area contributed by atoms with Gasteiger partial charge in [0.05, 0.1) is 4.92 Å². The van der Waals surface area contributed by atoms with Crippen molar-refractivity contribution in [2.24, 2.45) is 11.8 Å². The number of aromatic nitrogens is 1. The minimum absolute atomic E-state index is 0.0114. The van der Waals surface area contributed by atoms with Gasteiger partial charge in [0.2, 0.25) is 0 Å². The van der Waals surface area contributed by atoms with Gasteiger partial charge in [-0.1, -0.05) is 18.2 Å². The summed E-state index contributed by atoms with van der Waals surface area (Å²) < 4.78 is 42.1. The summed E-state index contributed by atoms with van der Waals surface area (Å²) >= 11 is 0. The van der Waals surface area contributed by atoms with Crippen LogP contribution in [0.5, 0.6) is 5.75 Å². The lowest BCUT2D eigenvalue weighted by atomic mass is 9.81. The molecule has 1 saturated carbocycles. The molecule has 196 valence electrons. The molecule has 2 aromatic rings. The summed E-state index contributed by atoms with van der Waals surface area (Å²) in [4.78, 5) is 17.7. The van der Waals surface area contributed by atoms with Crippen molar-refractivity contribution >= 4 is 17.2 Å². The molecule has 0 spiro atoms. The van der Waals surface area contributed by atoms with Gasteiger partial charge in [0.1, 0.15) is 23.5 Å². The van der Waals surface area contributed by atoms with Gasteiger partial charge in [0.25, 0.3) is 0 Å². The van der Waals surface area contributed by atoms with Crippen molar-refractivity contribution in [3.05, 3.63) is 52.2 Å². The second kappa shape index (κ2) is 11.8. The zero-order chi connectivity index (χ0) is 25.5. The van der Waals surface area contributed by atoms with Gasteiger partial charge in [-0.3, -0.25) is 10.1 Å². The van der Waals surface area contributed by atoms with Crippen LogP contribution in [-0.4, -0.2) is 47.3 Å². The zero-order valence-electron chi connectivity index (χ0n) is 20.1. The minimum Gasteiger partial charge on any atom is -0.405 e. The number of nitrogens with one attached hydrogen (secondary N) is 2. The first kappa shape index (κ1) is 26.0. The number of likely N-dealkylation sites (tertiary alicyclic amines) is 1. The Bertz CT molecular complexity index is 1020. The smallest absolute Gasteiger partial charge is 0.405 e. The number of ether oxygens (including phenoxy) is 1. The number of para-hydroxylation sites is 1. The van der Waals surface area contributed by atoms with Gasteiger partial charge in [-0.25, -0.2) is 4.98 Å². The van der Waals surface area contributed by atoms with E-state index in [1.807, 2.05) is 0 Å². The Labute approximate surface area is 208 Å². The van der Waals surface area contributed by atoms with Crippen LogP contribution in [0.1, 0.15) is 44.1 Å². The maximum Gasteiger partial charge on any atom is 0.573 e. The molecule has 0 unspecified atom stereocenters. The van der Waals surface area contributed by atoms with Gasteiger partial charge < -0.3 is 20.3 Å². The van der Waals surface area contributed by atoms with E-state index in [1.165, 1.54) is 69.6 Å². The fourth-order valence-corrected chi connectivity index (χ4v) is 5.09. The molecule has 36 heavy (non-hydrogen) atoms. The van der Waals surface area contributed by atoms with Crippen molar-refractivity contribution in [2.45, 2.75) is 51.4 Å². The molecular formula is C25H32F3N5O3. The van der Waals surface area contributed by atoms with Gasteiger partial charge >= 0.3 is 12.0 Å². The Hall–Kier alpha value is -3.08. The van der Waals surface area contributed by atoms with Crippen LogP contribution in [0, 0.1) is 22.0 Å². The third-order valence-electron chi connectivity index (χ3n) is 7.00. The molecule has 0 radical (unpaired) electrons. The third kappa shape index (κ3) is 7.46. The molecular weight excluding hydrogens is 475 g/mol. The topological polar surface area (TPSA) is 92.6 Å². The molecule has 2 aliphatic rings. The number of nitrogens with zero attached hydrogens (tertiary/aromatic N) is 3. The summed E-state index contributed by atoms with van der Waals surface area (Å²) in [6, 6.07) is 7.34. The van der Waals surface area contributed by atoms with E-state index >= 15 is 0 Å². The number of anilines is 2. The number of rotatable bonds is 10. The predicted octanol–water partition coefficient (Wildman–Crippen LogP) is 5.81. The van der Waals surface area contributed by atoms with Gasteiger partial charge in [0.15, 0.2) is 0 Å². The first-order valence-corrected chi connectivity index (χ1v) is 12.4. The molecule has 0 atom stereocenters. The van der Waals surface area contributed by atoms with Gasteiger partial charge in [-0.15, -0.1) is 13.2 Å². The van der Waals surface area contributed by atoms with E-state index in [0.29, 0.717) is 24.0 Å². The van der Waals surface area contributed by atoms with Crippen LogP contribution in [0.2, 0.25) is 0 Å². The molecule has 2 N–H and O–H groups in total. The molecule has 11 heteroatoms. The SMILES string of the molecule is O=[N+]([O-])c1cnc(NCc2ccccc2OC(F)(F)F)cc1NCC1CCC(CN2CCCC2)CC1. The lowest BCUT2D eigenvalue weighted by Crippen LogP contribution is -2.30. The van der Waals surface area contributed by atoms with Crippen molar-refractivity contribution in [3.63, 3.8) is 0 Å². The highest BCUT2D eigenvalue weighted by Gasteiger charge is 2.32. The highest BCUT2D eigenvalue weighted by molar-refractivity contribution is 5.65. The second-order valence-corrected chi connectivity index (χ2v) is 9.63. The van der Waals surface area contributed by atoms with Crippen LogP contribution >= 0.6 is 0 Å². The minimum atomic E-state index is -4.80. The lowest BCUT2D eigenvalue weighted by Gasteiger charge is -2.31. The summed E-state index contributed by atoms with van der Waals surface area (Å²) in [6.07, 6.45) is 3.49. The fourth-order valence-electron chi connectivity index (χ4n) is 5.09. The normalized spacial score (nSPS) is 20.8. The van der Waals surface area contributed by atoms with E-state index in [-0.39, 0.29) is 23.5 Å². The van der Waals surface area contributed by atoms with Crippen molar-refractivity contribution < 1.29 is 22.8 Å². The Balaban J connectivity index is 1.33. The van der Waals surface area contributed by atoms with Crippen molar-refractivity contribution in [1.82, 2.24) is 9.88 Å². The Kier molecular flexibility index (Phi) is 8.50. The first-order valence-electron chi connectivity index (χ1n) is 12.4. The van der Waals surface area contributed by atoms with E-state index in [2.05, 4.69) is 25.3 Å². The molecule has 1 aliphatic heterocycles. The molecule has 0 bridgehead atoms. The Morgan fingerprint density at radius 2 is 1.78 bits per heavy atom. The maximum atomic E-state index is 12.7. The number of hydrogen-bond acceptors (Lipinski definition) is 7. The highest BCUT2D eigenvalue weighted by atomic mass is 19.4. The number of hydrogen-bond donors (Lipinski definition) is 2. The monoisotopic (exact) mass is 507 g/mol. The summed E-state index contributed by atoms with van der Waals surface area (Å²) in [5, 5.41) is 17.7. The Morgan fingerprint density at radius 3 is 2.47 bits per heavy atom. The van der Waals surface area contributed by atoms with E-state index in [0.717, 1.165) is 25.0 Å². The van der Waals surface area contributed by atoms with Crippen LogP contribution in [0.15, 0.2) is 36.5 Å². The van der Waals surface area contributed by atoms with Crippen LogP contribution in [0.4, 0.5) is 30.4 Å². The molecule has 8 nitrogen and oxygen atoms in total. The van der Waals surface area contributed by atoms with E-state index in [1.54, 1.807) is 6.07 Å². The van der Waals surface area contributed by atoms with Crippen LogP contribution in [0.25, 0.3) is 0 Å². The van der Waals surface area contributed by atoms with E-state index in [4.69, 9.17) is 0 Å². The molecule has 2 fully saturated rings. The van der Waals surface area contributed by atoms with Crippen LogP contribution in [-0.2, 0) is 6.54 Å². The zero-order valence-corrected chi connectivity index (χ0v) is 20.1. The van der Waals surface area contributed by atoms with Crippen molar-refractivity contribution in [2.75, 3.05) is 36.8 Å². The highest BCUT2D eigenvalue weighted by Crippen LogP contribution is 2.32. The van der Waals surface area contributed by atoms with E-state index in [9.17, 15) is 23.3 Å². The van der Waals surface area contributed by atoms with Gasteiger partial charge in [-0.2, -0.15) is 0 Å². The fraction of sp³-hybridized carbons (Fsp3) is 0.560. The van der Waals surface area contributed by atoms with Crippen molar-refractivity contribution in [1.29, 1.82) is 0 Å². The number of halogens is 3. The summed E-state index contributed by atoms with van der Waals surface area (Å²) in [5.74, 6) is 1.18. The third-order valence-corrected chi connectivity index (χ3v) is 7.00. The number of pyridine rings is 1. The molecule has 0 amide bonds. The molecule has 1 aliphatic carbocycles. The van der Waals surface area contributed by atoms with Crippen LogP contribution in [0.3, 0.4) is 0 Å². The molecule has 2 heterocycles. The van der Waals surface area contributed by atoms with Gasteiger partial charge in [-0.05, 0) is 69.5 Å². The average Bonchev–Trinajstić information content (AvgIpc) is 3.35. The largest absolute Gasteiger partial charge is 0.573 e.